The maximum absolute atomic E-state index is 13.2. The van der Waals surface area contributed by atoms with Crippen LogP contribution >= 0.6 is 0 Å². The third-order valence-corrected chi connectivity index (χ3v) is 1.99. The molecule has 0 aliphatic carbocycles. The standard InChI is InChI=1S/C11H9FN2O3/c1-7-13-10(17-14-7)6-16-11(15)8-4-2-3-5-9(8)12/h2-5H,6H2,1H3. The number of benzene rings is 1. The average Bonchev–Trinajstić information content (AvgIpc) is 2.73. The highest BCUT2D eigenvalue weighted by molar-refractivity contribution is 5.89. The number of rotatable bonds is 3. The van der Waals surface area contributed by atoms with Gasteiger partial charge in [0.05, 0.1) is 5.56 Å². The molecule has 0 fully saturated rings. The van der Waals surface area contributed by atoms with Crippen molar-refractivity contribution in [3.8, 4) is 0 Å². The third kappa shape index (κ3) is 2.66. The molecular weight excluding hydrogens is 227 g/mol. The van der Waals surface area contributed by atoms with Crippen molar-refractivity contribution in [2.75, 3.05) is 0 Å². The minimum atomic E-state index is -0.765. The summed E-state index contributed by atoms with van der Waals surface area (Å²) < 4.78 is 22.8. The molecule has 0 saturated carbocycles. The van der Waals surface area contributed by atoms with Crippen LogP contribution in [0.15, 0.2) is 28.8 Å². The predicted molar refractivity (Wildman–Crippen MR) is 54.6 cm³/mol. The van der Waals surface area contributed by atoms with Gasteiger partial charge in [0.15, 0.2) is 12.4 Å². The molecule has 0 saturated heterocycles. The molecule has 0 radical (unpaired) electrons. The van der Waals surface area contributed by atoms with Gasteiger partial charge in [-0.2, -0.15) is 4.98 Å². The third-order valence-electron chi connectivity index (χ3n) is 1.99. The van der Waals surface area contributed by atoms with E-state index in [-0.39, 0.29) is 18.1 Å². The number of carbonyl (C=O) groups excluding carboxylic acids is 1. The molecule has 0 atom stereocenters. The molecule has 0 aliphatic heterocycles. The van der Waals surface area contributed by atoms with Crippen molar-refractivity contribution in [2.24, 2.45) is 0 Å². The maximum Gasteiger partial charge on any atom is 0.341 e. The van der Waals surface area contributed by atoms with Gasteiger partial charge in [0.2, 0.25) is 0 Å². The minimum Gasteiger partial charge on any atom is -0.452 e. The maximum atomic E-state index is 13.2. The second-order valence-corrected chi connectivity index (χ2v) is 3.29. The van der Waals surface area contributed by atoms with Crippen molar-refractivity contribution in [1.29, 1.82) is 0 Å². The van der Waals surface area contributed by atoms with E-state index >= 15 is 0 Å². The number of carbonyl (C=O) groups is 1. The Hall–Kier alpha value is -2.24. The topological polar surface area (TPSA) is 65.2 Å². The van der Waals surface area contributed by atoms with Crippen molar-refractivity contribution in [3.05, 3.63) is 47.4 Å². The summed E-state index contributed by atoms with van der Waals surface area (Å²) in [6, 6.07) is 5.58. The van der Waals surface area contributed by atoms with Crippen LogP contribution in [0.25, 0.3) is 0 Å². The lowest BCUT2D eigenvalue weighted by Crippen LogP contribution is -2.07. The van der Waals surface area contributed by atoms with Gasteiger partial charge < -0.3 is 9.26 Å². The van der Waals surface area contributed by atoms with E-state index in [1.165, 1.54) is 18.2 Å². The van der Waals surface area contributed by atoms with Crippen LogP contribution in [0.1, 0.15) is 22.1 Å². The summed E-state index contributed by atoms with van der Waals surface area (Å²) in [4.78, 5) is 15.3. The molecule has 1 aromatic carbocycles. The molecule has 5 nitrogen and oxygen atoms in total. The summed E-state index contributed by atoms with van der Waals surface area (Å²) in [5.74, 6) is -0.771. The lowest BCUT2D eigenvalue weighted by atomic mass is 10.2. The molecule has 0 amide bonds. The van der Waals surface area contributed by atoms with E-state index < -0.39 is 11.8 Å². The molecule has 0 spiro atoms. The van der Waals surface area contributed by atoms with Crippen LogP contribution in [0.5, 0.6) is 0 Å². The second-order valence-electron chi connectivity index (χ2n) is 3.29. The number of halogens is 1. The summed E-state index contributed by atoms with van der Waals surface area (Å²) in [6.45, 7) is 1.47. The molecule has 0 aliphatic rings. The zero-order valence-electron chi connectivity index (χ0n) is 9.01. The zero-order chi connectivity index (χ0) is 12.3. The fraction of sp³-hybridized carbons (Fsp3) is 0.182. The van der Waals surface area contributed by atoms with Crippen molar-refractivity contribution >= 4 is 5.97 Å². The zero-order valence-corrected chi connectivity index (χ0v) is 9.01. The quantitative estimate of drug-likeness (QED) is 0.761. The van der Waals surface area contributed by atoms with Gasteiger partial charge in [-0.3, -0.25) is 0 Å². The van der Waals surface area contributed by atoms with Gasteiger partial charge in [0.1, 0.15) is 5.82 Å². The first kappa shape index (κ1) is 11.3. The minimum absolute atomic E-state index is 0.122. The molecule has 1 heterocycles. The van der Waals surface area contributed by atoms with Crippen molar-refractivity contribution in [1.82, 2.24) is 10.1 Å². The predicted octanol–water partition coefficient (Wildman–Crippen LogP) is 1.87. The van der Waals surface area contributed by atoms with Gasteiger partial charge >= 0.3 is 5.97 Å². The highest BCUT2D eigenvalue weighted by Crippen LogP contribution is 2.09. The summed E-state index contributed by atoms with van der Waals surface area (Å²) in [5, 5.41) is 3.53. The summed E-state index contributed by atoms with van der Waals surface area (Å²) >= 11 is 0. The number of hydrogen-bond acceptors (Lipinski definition) is 5. The normalized spacial score (nSPS) is 10.2. The molecule has 88 valence electrons. The summed E-state index contributed by atoms with van der Waals surface area (Å²) in [7, 11) is 0. The fourth-order valence-electron chi connectivity index (χ4n) is 1.23. The summed E-state index contributed by atoms with van der Waals surface area (Å²) in [6.07, 6.45) is 0. The number of nitrogens with zero attached hydrogens (tertiary/aromatic N) is 2. The second kappa shape index (κ2) is 4.73. The Balaban J connectivity index is 2.01. The number of esters is 1. The monoisotopic (exact) mass is 236 g/mol. The largest absolute Gasteiger partial charge is 0.452 e. The van der Waals surface area contributed by atoms with E-state index in [2.05, 4.69) is 10.1 Å². The molecule has 2 aromatic rings. The average molecular weight is 236 g/mol. The Labute approximate surface area is 96.2 Å². The Morgan fingerprint density at radius 2 is 2.24 bits per heavy atom. The SMILES string of the molecule is Cc1noc(COC(=O)c2ccccc2F)n1. The summed E-state index contributed by atoms with van der Waals surface area (Å²) in [5.41, 5.74) is -0.122. The van der Waals surface area contributed by atoms with Gasteiger partial charge in [-0.05, 0) is 19.1 Å². The van der Waals surface area contributed by atoms with Crippen LogP contribution in [0.3, 0.4) is 0 Å². The number of ether oxygens (including phenoxy) is 1. The van der Waals surface area contributed by atoms with E-state index in [1.807, 2.05) is 0 Å². The van der Waals surface area contributed by atoms with Crippen LogP contribution in [0.2, 0.25) is 0 Å². The van der Waals surface area contributed by atoms with Crippen molar-refractivity contribution < 1.29 is 18.4 Å². The van der Waals surface area contributed by atoms with E-state index in [1.54, 1.807) is 13.0 Å². The van der Waals surface area contributed by atoms with Gasteiger partial charge in [-0.1, -0.05) is 17.3 Å². The molecule has 0 bridgehead atoms. The highest BCUT2D eigenvalue weighted by atomic mass is 19.1. The molecule has 17 heavy (non-hydrogen) atoms. The van der Waals surface area contributed by atoms with Gasteiger partial charge in [0.25, 0.3) is 5.89 Å². The number of aromatic nitrogens is 2. The fourth-order valence-corrected chi connectivity index (χ4v) is 1.23. The van der Waals surface area contributed by atoms with Crippen LogP contribution in [0.4, 0.5) is 4.39 Å². The van der Waals surface area contributed by atoms with Crippen LogP contribution in [-0.4, -0.2) is 16.1 Å². The number of hydrogen-bond donors (Lipinski definition) is 0. The lowest BCUT2D eigenvalue weighted by molar-refractivity contribution is 0.0424. The van der Waals surface area contributed by atoms with Crippen molar-refractivity contribution in [2.45, 2.75) is 13.5 Å². The molecule has 2 rings (SSSR count). The highest BCUT2D eigenvalue weighted by Gasteiger charge is 2.13. The van der Waals surface area contributed by atoms with Crippen LogP contribution in [0, 0.1) is 12.7 Å². The molecular formula is C11H9FN2O3. The molecule has 1 aromatic heterocycles. The van der Waals surface area contributed by atoms with Gasteiger partial charge in [-0.15, -0.1) is 0 Å². The Kier molecular flexibility index (Phi) is 3.13. The first-order valence-electron chi connectivity index (χ1n) is 4.87. The Morgan fingerprint density at radius 3 is 2.88 bits per heavy atom. The van der Waals surface area contributed by atoms with E-state index in [9.17, 15) is 9.18 Å². The van der Waals surface area contributed by atoms with Crippen LogP contribution in [-0.2, 0) is 11.3 Å². The van der Waals surface area contributed by atoms with Gasteiger partial charge in [-0.25, -0.2) is 9.18 Å². The molecule has 6 heteroatoms. The Morgan fingerprint density at radius 1 is 1.47 bits per heavy atom. The smallest absolute Gasteiger partial charge is 0.341 e. The lowest BCUT2D eigenvalue weighted by Gasteiger charge is -2.02. The first-order valence-corrected chi connectivity index (χ1v) is 4.87. The van der Waals surface area contributed by atoms with E-state index in [4.69, 9.17) is 9.26 Å². The van der Waals surface area contributed by atoms with E-state index in [0.29, 0.717) is 5.82 Å². The van der Waals surface area contributed by atoms with E-state index in [0.717, 1.165) is 0 Å². The molecule has 0 unspecified atom stereocenters. The van der Waals surface area contributed by atoms with Crippen LogP contribution < -0.4 is 0 Å². The number of aryl methyl sites for hydroxylation is 1. The first-order chi connectivity index (χ1) is 8.16. The van der Waals surface area contributed by atoms with Gasteiger partial charge in [0, 0.05) is 0 Å². The molecule has 0 N–H and O–H groups in total. The Bertz CT molecular complexity index is 539. The van der Waals surface area contributed by atoms with Crippen molar-refractivity contribution in [3.63, 3.8) is 0 Å².